The Morgan fingerprint density at radius 2 is 1.62 bits per heavy atom. The van der Waals surface area contributed by atoms with Crippen LogP contribution in [-0.2, 0) is 14.3 Å². The molecule has 4 N–H and O–H groups in total. The van der Waals surface area contributed by atoms with Crippen LogP contribution in [0.2, 0.25) is 0 Å². The molecular weight excluding hydrogens is 248 g/mol. The van der Waals surface area contributed by atoms with Crippen molar-refractivity contribution in [3.63, 3.8) is 0 Å². The summed E-state index contributed by atoms with van der Waals surface area (Å²) in [6, 6.07) is 0. The van der Waals surface area contributed by atoms with Crippen molar-refractivity contribution >= 4 is 23.0 Å². The maximum absolute atomic E-state index is 11.1. The van der Waals surface area contributed by atoms with Crippen LogP contribution in [0.5, 0.6) is 0 Å². The molecular formula is C7H9ClO8. The molecule has 0 bridgehead atoms. The van der Waals surface area contributed by atoms with Gasteiger partial charge in [-0.1, -0.05) is 0 Å². The number of carbonyl (C=O) groups is 2. The van der Waals surface area contributed by atoms with Gasteiger partial charge in [0.15, 0.2) is 12.4 Å². The topological polar surface area (TPSA) is 134 Å². The van der Waals surface area contributed by atoms with Crippen LogP contribution in [0.15, 0.2) is 0 Å². The van der Waals surface area contributed by atoms with Crippen molar-refractivity contribution in [3.8, 4) is 0 Å². The minimum atomic E-state index is -1.89. The van der Waals surface area contributed by atoms with Gasteiger partial charge in [0.2, 0.25) is 0 Å². The van der Waals surface area contributed by atoms with Crippen LogP contribution in [0.25, 0.3) is 0 Å². The number of hydrogen-bond donors (Lipinski definition) is 4. The van der Waals surface area contributed by atoms with Gasteiger partial charge in [-0.15, -0.1) is 0 Å². The number of aliphatic hydroxyl groups excluding tert-OH is 4. The first-order chi connectivity index (χ1) is 7.34. The van der Waals surface area contributed by atoms with Crippen LogP contribution in [0, 0.1) is 0 Å². The molecule has 1 rings (SSSR count). The highest BCUT2D eigenvalue weighted by atomic mass is 35.5. The lowest BCUT2D eigenvalue weighted by atomic mass is 9.99. The van der Waals surface area contributed by atoms with Crippen molar-refractivity contribution in [1.29, 1.82) is 0 Å². The Bertz CT molecular complexity index is 294. The molecule has 9 heteroatoms. The molecule has 92 valence electrons. The second-order valence-corrected chi connectivity index (χ2v) is 3.39. The fourth-order valence-electron chi connectivity index (χ4n) is 1.19. The Labute approximate surface area is 94.0 Å². The first-order valence-corrected chi connectivity index (χ1v) is 4.51. The van der Waals surface area contributed by atoms with Crippen molar-refractivity contribution in [3.05, 3.63) is 0 Å². The molecule has 0 spiro atoms. The summed E-state index contributed by atoms with van der Waals surface area (Å²) in [6.07, 6.45) is -9.13. The van der Waals surface area contributed by atoms with Crippen LogP contribution in [0.4, 0.5) is 4.79 Å². The Kier molecular flexibility index (Phi) is 4.19. The average Bonchev–Trinajstić information content (AvgIpc) is 2.19. The summed E-state index contributed by atoms with van der Waals surface area (Å²) >= 11 is 4.75. The fourth-order valence-corrected chi connectivity index (χ4v) is 1.27. The van der Waals surface area contributed by atoms with Crippen LogP contribution in [0.1, 0.15) is 0 Å². The lowest BCUT2D eigenvalue weighted by Gasteiger charge is -2.36. The van der Waals surface area contributed by atoms with E-state index in [1.165, 1.54) is 0 Å². The molecule has 8 nitrogen and oxygen atoms in total. The molecule has 0 aromatic rings. The summed E-state index contributed by atoms with van der Waals surface area (Å²) in [5.41, 5.74) is -1.45. The van der Waals surface area contributed by atoms with Gasteiger partial charge < -0.3 is 29.9 Å². The zero-order chi connectivity index (χ0) is 12.5. The monoisotopic (exact) mass is 256 g/mol. The molecule has 0 aromatic carbocycles. The highest BCUT2D eigenvalue weighted by Gasteiger charge is 2.47. The molecule has 0 radical (unpaired) electrons. The van der Waals surface area contributed by atoms with Crippen LogP contribution < -0.4 is 0 Å². The number of rotatable bonds is 1. The summed E-state index contributed by atoms with van der Waals surface area (Å²) in [5, 5.41) is 36.6. The molecule has 0 saturated carbocycles. The standard InChI is InChI=1S/C7H9ClO8/c8-7(14)16-6(13)4-2(10)1(9)3(11)5(12)15-4/h1-5,9-12H/t1-,2-,3+,4-,5+/m0/s1. The van der Waals surface area contributed by atoms with Crippen molar-refractivity contribution in [1.82, 2.24) is 0 Å². The van der Waals surface area contributed by atoms with Gasteiger partial charge in [0.25, 0.3) is 0 Å². The minimum absolute atomic E-state index is 1.38. The van der Waals surface area contributed by atoms with E-state index >= 15 is 0 Å². The van der Waals surface area contributed by atoms with E-state index in [9.17, 15) is 19.8 Å². The molecule has 1 aliphatic heterocycles. The summed E-state index contributed by atoms with van der Waals surface area (Å²) in [7, 11) is 0. The normalized spacial score (nSPS) is 39.2. The third-order valence-corrected chi connectivity index (χ3v) is 2.08. The van der Waals surface area contributed by atoms with Crippen LogP contribution >= 0.6 is 11.6 Å². The van der Waals surface area contributed by atoms with Crippen molar-refractivity contribution < 1.29 is 39.5 Å². The van der Waals surface area contributed by atoms with Crippen molar-refractivity contribution in [2.45, 2.75) is 30.7 Å². The molecule has 0 aromatic heterocycles. The summed E-state index contributed by atoms with van der Waals surface area (Å²) < 4.78 is 8.34. The largest absolute Gasteiger partial charge is 0.411 e. The first kappa shape index (κ1) is 13.3. The van der Waals surface area contributed by atoms with Gasteiger partial charge in [-0.3, -0.25) is 0 Å². The fraction of sp³-hybridized carbons (Fsp3) is 0.714. The van der Waals surface area contributed by atoms with Gasteiger partial charge in [0, 0.05) is 11.6 Å². The average molecular weight is 257 g/mol. The molecule has 1 aliphatic rings. The van der Waals surface area contributed by atoms with E-state index in [1.54, 1.807) is 0 Å². The number of esters is 1. The number of hydrogen-bond acceptors (Lipinski definition) is 8. The maximum atomic E-state index is 11.1. The summed E-state index contributed by atoms with van der Waals surface area (Å²) in [6.45, 7) is 0. The zero-order valence-corrected chi connectivity index (χ0v) is 8.44. The predicted octanol–water partition coefficient (Wildman–Crippen LogP) is -2.31. The molecule has 16 heavy (non-hydrogen) atoms. The van der Waals surface area contributed by atoms with Crippen LogP contribution in [-0.4, -0.2) is 62.5 Å². The number of ether oxygens (including phenoxy) is 2. The lowest BCUT2D eigenvalue weighted by Crippen LogP contribution is -2.60. The highest BCUT2D eigenvalue weighted by molar-refractivity contribution is 6.61. The van der Waals surface area contributed by atoms with E-state index in [4.69, 9.17) is 21.8 Å². The SMILES string of the molecule is O=C(Cl)OC(=O)[C@H]1O[C@@H](O)[C@H](O)[C@@H](O)[C@@H]1O. The number of carbonyl (C=O) groups excluding carboxylic acids is 2. The molecule has 0 unspecified atom stereocenters. The predicted molar refractivity (Wildman–Crippen MR) is 46.2 cm³/mol. The van der Waals surface area contributed by atoms with E-state index in [1.807, 2.05) is 0 Å². The molecule has 0 aliphatic carbocycles. The van der Waals surface area contributed by atoms with Gasteiger partial charge in [0.1, 0.15) is 18.3 Å². The lowest BCUT2D eigenvalue weighted by molar-refractivity contribution is -0.279. The summed E-state index contributed by atoms with van der Waals surface area (Å²) in [4.78, 5) is 21.3. The van der Waals surface area contributed by atoms with Gasteiger partial charge in [0.05, 0.1) is 0 Å². The maximum Gasteiger partial charge on any atom is 0.411 e. The van der Waals surface area contributed by atoms with Gasteiger partial charge in [-0.25, -0.2) is 9.59 Å². The second kappa shape index (κ2) is 5.04. The minimum Gasteiger partial charge on any atom is -0.387 e. The van der Waals surface area contributed by atoms with Gasteiger partial charge in [-0.2, -0.15) is 0 Å². The zero-order valence-electron chi connectivity index (χ0n) is 7.69. The number of aliphatic hydroxyl groups is 4. The molecule has 1 heterocycles. The molecule has 1 fully saturated rings. The van der Waals surface area contributed by atoms with E-state index in [-0.39, 0.29) is 0 Å². The van der Waals surface area contributed by atoms with E-state index in [2.05, 4.69) is 9.47 Å². The summed E-state index contributed by atoms with van der Waals surface area (Å²) in [5.74, 6) is -1.38. The van der Waals surface area contributed by atoms with E-state index < -0.39 is 42.1 Å². The molecule has 1 saturated heterocycles. The Morgan fingerprint density at radius 1 is 1.06 bits per heavy atom. The molecule has 5 atom stereocenters. The number of halogens is 1. The van der Waals surface area contributed by atoms with Gasteiger partial charge in [-0.05, 0) is 0 Å². The van der Waals surface area contributed by atoms with Gasteiger partial charge >= 0.3 is 11.4 Å². The van der Waals surface area contributed by atoms with Crippen LogP contribution in [0.3, 0.4) is 0 Å². The van der Waals surface area contributed by atoms with E-state index in [0.717, 1.165) is 0 Å². The molecule has 0 amide bonds. The third kappa shape index (κ3) is 2.67. The van der Waals surface area contributed by atoms with Crippen molar-refractivity contribution in [2.75, 3.05) is 0 Å². The Hall–Kier alpha value is -0.770. The first-order valence-electron chi connectivity index (χ1n) is 4.13. The third-order valence-electron chi connectivity index (χ3n) is 2.00. The highest BCUT2D eigenvalue weighted by Crippen LogP contribution is 2.20. The Balaban J connectivity index is 2.73. The second-order valence-electron chi connectivity index (χ2n) is 3.08. The Morgan fingerprint density at radius 3 is 2.12 bits per heavy atom. The van der Waals surface area contributed by atoms with Crippen molar-refractivity contribution in [2.24, 2.45) is 0 Å². The smallest absolute Gasteiger partial charge is 0.387 e. The van der Waals surface area contributed by atoms with E-state index in [0.29, 0.717) is 0 Å². The quantitative estimate of drug-likeness (QED) is 0.234.